The van der Waals surface area contributed by atoms with Crippen LogP contribution in [-0.4, -0.2) is 7.11 Å². The molecule has 0 atom stereocenters. The van der Waals surface area contributed by atoms with Crippen molar-refractivity contribution < 1.29 is 4.74 Å². The van der Waals surface area contributed by atoms with Crippen LogP contribution in [0.1, 0.15) is 57.2 Å². The Labute approximate surface area is 99.8 Å². The van der Waals surface area contributed by atoms with Gasteiger partial charge in [0.25, 0.3) is 0 Å². The zero-order valence-corrected chi connectivity index (χ0v) is 11.6. The molecule has 1 aromatic rings. The summed E-state index contributed by atoms with van der Waals surface area (Å²) in [4.78, 5) is 0. The Morgan fingerprint density at radius 3 is 2.06 bits per heavy atom. The molecule has 0 saturated heterocycles. The minimum Gasteiger partial charge on any atom is -0.497 e. The fourth-order valence-corrected chi connectivity index (χ4v) is 2.38. The van der Waals surface area contributed by atoms with Gasteiger partial charge in [-0.1, -0.05) is 34.6 Å². The van der Waals surface area contributed by atoms with Gasteiger partial charge < -0.3 is 4.74 Å². The van der Waals surface area contributed by atoms with Gasteiger partial charge in [-0.05, 0) is 47.1 Å². The Morgan fingerprint density at radius 1 is 1.12 bits per heavy atom. The first-order chi connectivity index (χ1) is 7.27. The summed E-state index contributed by atoms with van der Waals surface area (Å²) in [7, 11) is 1.73. The highest BCUT2D eigenvalue weighted by atomic mass is 16.5. The highest BCUT2D eigenvalue weighted by Gasteiger charge is 2.22. The van der Waals surface area contributed by atoms with E-state index in [2.05, 4.69) is 53.7 Å². The predicted octanol–water partition coefficient (Wildman–Crippen LogP) is 4.42. The van der Waals surface area contributed by atoms with Crippen LogP contribution < -0.4 is 4.74 Å². The summed E-state index contributed by atoms with van der Waals surface area (Å²) in [6, 6.07) is 4.31. The van der Waals surface area contributed by atoms with Gasteiger partial charge in [0.2, 0.25) is 0 Å². The molecule has 0 saturated carbocycles. The molecule has 1 nitrogen and oxygen atoms in total. The third-order valence-corrected chi connectivity index (χ3v) is 2.95. The number of hydrogen-bond donors (Lipinski definition) is 0. The largest absolute Gasteiger partial charge is 0.497 e. The molecule has 16 heavy (non-hydrogen) atoms. The molecule has 90 valence electrons. The average Bonchev–Trinajstić information content (AvgIpc) is 2.14. The van der Waals surface area contributed by atoms with Crippen molar-refractivity contribution in [2.45, 2.75) is 52.9 Å². The molecule has 0 spiro atoms. The summed E-state index contributed by atoms with van der Waals surface area (Å²) in [5, 5.41) is 0. The van der Waals surface area contributed by atoms with Gasteiger partial charge in [0, 0.05) is 0 Å². The number of rotatable bonds is 2. The highest BCUT2D eigenvalue weighted by molar-refractivity contribution is 5.46. The molecule has 0 bridgehead atoms. The minimum atomic E-state index is 0.190. The third kappa shape index (κ3) is 2.58. The molecule has 0 amide bonds. The smallest absolute Gasteiger partial charge is 0.119 e. The van der Waals surface area contributed by atoms with Crippen molar-refractivity contribution in [1.82, 2.24) is 0 Å². The van der Waals surface area contributed by atoms with E-state index in [-0.39, 0.29) is 5.41 Å². The van der Waals surface area contributed by atoms with E-state index in [0.29, 0.717) is 5.92 Å². The molecule has 0 aromatic heterocycles. The maximum absolute atomic E-state index is 5.35. The van der Waals surface area contributed by atoms with E-state index in [1.54, 1.807) is 7.11 Å². The molecule has 0 aliphatic rings. The quantitative estimate of drug-likeness (QED) is 0.716. The summed E-state index contributed by atoms with van der Waals surface area (Å²) < 4.78 is 5.35. The van der Waals surface area contributed by atoms with E-state index in [0.717, 1.165) is 5.75 Å². The Hall–Kier alpha value is -0.980. The number of methoxy groups -OCH3 is 1. The van der Waals surface area contributed by atoms with Crippen LogP contribution in [0.2, 0.25) is 0 Å². The van der Waals surface area contributed by atoms with Gasteiger partial charge in [-0.15, -0.1) is 0 Å². The summed E-state index contributed by atoms with van der Waals surface area (Å²) in [5.41, 5.74) is 4.39. The Morgan fingerprint density at radius 2 is 1.69 bits per heavy atom. The van der Waals surface area contributed by atoms with E-state index in [1.807, 2.05) is 0 Å². The molecule has 0 radical (unpaired) electrons. The molecule has 0 aliphatic heterocycles. The molecule has 0 aliphatic carbocycles. The van der Waals surface area contributed by atoms with Crippen molar-refractivity contribution in [3.63, 3.8) is 0 Å². The standard InChI is InChI=1S/C15H24O/c1-10(2)13-9-12(16-7)8-11(3)14(13)15(4,5)6/h8-10H,1-7H3. The molecular formula is C15H24O. The van der Waals surface area contributed by atoms with E-state index >= 15 is 0 Å². The molecule has 0 heterocycles. The van der Waals surface area contributed by atoms with Crippen molar-refractivity contribution >= 4 is 0 Å². The normalized spacial score (nSPS) is 12.0. The second-order valence-corrected chi connectivity index (χ2v) is 5.81. The molecular weight excluding hydrogens is 196 g/mol. The van der Waals surface area contributed by atoms with Crippen LogP contribution in [0.3, 0.4) is 0 Å². The van der Waals surface area contributed by atoms with Gasteiger partial charge in [-0.2, -0.15) is 0 Å². The average molecular weight is 220 g/mol. The molecule has 1 rings (SSSR count). The van der Waals surface area contributed by atoms with Crippen LogP contribution in [0, 0.1) is 6.92 Å². The molecule has 0 fully saturated rings. The monoisotopic (exact) mass is 220 g/mol. The van der Waals surface area contributed by atoms with Crippen molar-refractivity contribution in [2.24, 2.45) is 0 Å². The lowest BCUT2D eigenvalue weighted by atomic mass is 9.78. The highest BCUT2D eigenvalue weighted by Crippen LogP contribution is 2.35. The van der Waals surface area contributed by atoms with Crippen LogP contribution in [-0.2, 0) is 5.41 Å². The molecule has 0 N–H and O–H groups in total. The Balaban J connectivity index is 3.46. The zero-order chi connectivity index (χ0) is 12.5. The van der Waals surface area contributed by atoms with Crippen molar-refractivity contribution in [3.05, 3.63) is 28.8 Å². The van der Waals surface area contributed by atoms with Gasteiger partial charge in [0.05, 0.1) is 7.11 Å². The van der Waals surface area contributed by atoms with Crippen LogP contribution >= 0.6 is 0 Å². The summed E-state index contributed by atoms with van der Waals surface area (Å²) in [6.45, 7) is 13.5. The maximum atomic E-state index is 5.35. The van der Waals surface area contributed by atoms with E-state index in [4.69, 9.17) is 4.74 Å². The van der Waals surface area contributed by atoms with E-state index in [9.17, 15) is 0 Å². The van der Waals surface area contributed by atoms with Gasteiger partial charge in [0.1, 0.15) is 5.75 Å². The van der Waals surface area contributed by atoms with Crippen LogP contribution in [0.25, 0.3) is 0 Å². The third-order valence-electron chi connectivity index (χ3n) is 2.95. The van der Waals surface area contributed by atoms with Crippen molar-refractivity contribution in [2.75, 3.05) is 7.11 Å². The Bertz CT molecular complexity index is 370. The topological polar surface area (TPSA) is 9.23 Å². The fourth-order valence-electron chi connectivity index (χ4n) is 2.38. The van der Waals surface area contributed by atoms with E-state index < -0.39 is 0 Å². The van der Waals surface area contributed by atoms with Gasteiger partial charge in [-0.3, -0.25) is 0 Å². The lowest BCUT2D eigenvalue weighted by Gasteiger charge is -2.27. The predicted molar refractivity (Wildman–Crippen MR) is 70.5 cm³/mol. The molecule has 1 heteroatoms. The zero-order valence-electron chi connectivity index (χ0n) is 11.6. The number of ether oxygens (including phenoxy) is 1. The minimum absolute atomic E-state index is 0.190. The first-order valence-corrected chi connectivity index (χ1v) is 5.96. The van der Waals surface area contributed by atoms with Gasteiger partial charge >= 0.3 is 0 Å². The Kier molecular flexibility index (Phi) is 3.67. The van der Waals surface area contributed by atoms with Crippen LogP contribution in [0.5, 0.6) is 5.75 Å². The lowest BCUT2D eigenvalue weighted by Crippen LogP contribution is -2.17. The number of hydrogen-bond acceptors (Lipinski definition) is 1. The second kappa shape index (κ2) is 4.48. The van der Waals surface area contributed by atoms with Crippen molar-refractivity contribution in [1.29, 1.82) is 0 Å². The lowest BCUT2D eigenvalue weighted by molar-refractivity contribution is 0.412. The number of benzene rings is 1. The molecule has 1 aromatic carbocycles. The van der Waals surface area contributed by atoms with Gasteiger partial charge in [-0.25, -0.2) is 0 Å². The summed E-state index contributed by atoms with van der Waals surface area (Å²) in [5.74, 6) is 1.50. The molecule has 0 unspecified atom stereocenters. The van der Waals surface area contributed by atoms with Crippen LogP contribution in [0.15, 0.2) is 12.1 Å². The fraction of sp³-hybridized carbons (Fsp3) is 0.600. The summed E-state index contributed by atoms with van der Waals surface area (Å²) >= 11 is 0. The van der Waals surface area contributed by atoms with Gasteiger partial charge in [0.15, 0.2) is 0 Å². The number of aryl methyl sites for hydroxylation is 1. The van der Waals surface area contributed by atoms with Crippen molar-refractivity contribution in [3.8, 4) is 5.75 Å². The first kappa shape index (κ1) is 13.1. The second-order valence-electron chi connectivity index (χ2n) is 5.81. The SMILES string of the molecule is COc1cc(C)c(C(C)(C)C)c(C(C)C)c1. The van der Waals surface area contributed by atoms with E-state index in [1.165, 1.54) is 16.7 Å². The van der Waals surface area contributed by atoms with Crippen LogP contribution in [0.4, 0.5) is 0 Å². The first-order valence-electron chi connectivity index (χ1n) is 5.96. The maximum Gasteiger partial charge on any atom is 0.119 e. The summed E-state index contributed by atoms with van der Waals surface area (Å²) in [6.07, 6.45) is 0.